The second-order valence-electron chi connectivity index (χ2n) is 7.33. The van der Waals surface area contributed by atoms with Gasteiger partial charge in [0, 0.05) is 10.8 Å². The third kappa shape index (κ3) is 3.70. The van der Waals surface area contributed by atoms with Gasteiger partial charge in [0.2, 0.25) is 6.29 Å². The minimum Gasteiger partial charge on any atom is -0.434 e. The van der Waals surface area contributed by atoms with Gasteiger partial charge in [-0.05, 0) is 26.0 Å². The van der Waals surface area contributed by atoms with Crippen molar-refractivity contribution in [2.24, 2.45) is 10.8 Å². The number of rotatable bonds is 3. The Kier molecular flexibility index (Phi) is 4.93. The van der Waals surface area contributed by atoms with E-state index in [0.717, 1.165) is 5.41 Å². The van der Waals surface area contributed by atoms with Gasteiger partial charge in [0.1, 0.15) is 5.41 Å². The van der Waals surface area contributed by atoms with Crippen LogP contribution in [0.3, 0.4) is 0 Å². The third-order valence-corrected chi connectivity index (χ3v) is 5.62. The standard InChI is InChI=1S/C18H24O5S/c1-13-18(5,15(19)23-16(22-13)17(2,3)4)11-12-24(20,21)14-9-7-6-8-10-14/h6-13,16H,1-5H3/b12-11-/t13-,16-,18+/m1/s1. The van der Waals surface area contributed by atoms with Crippen LogP contribution in [-0.4, -0.2) is 26.8 Å². The van der Waals surface area contributed by atoms with Gasteiger partial charge in [0.25, 0.3) is 0 Å². The van der Waals surface area contributed by atoms with Crippen LogP contribution in [0.5, 0.6) is 0 Å². The number of esters is 1. The quantitative estimate of drug-likeness (QED) is 0.781. The number of ether oxygens (including phenoxy) is 2. The molecule has 1 saturated heterocycles. The van der Waals surface area contributed by atoms with E-state index >= 15 is 0 Å². The zero-order valence-corrected chi connectivity index (χ0v) is 15.5. The van der Waals surface area contributed by atoms with Crippen molar-refractivity contribution in [3.63, 3.8) is 0 Å². The zero-order valence-electron chi connectivity index (χ0n) is 14.6. The van der Waals surface area contributed by atoms with E-state index in [2.05, 4.69) is 0 Å². The molecular formula is C18H24O5S. The average Bonchev–Trinajstić information content (AvgIpc) is 2.50. The van der Waals surface area contributed by atoms with Crippen molar-refractivity contribution in [3.05, 3.63) is 41.8 Å². The zero-order chi connectivity index (χ0) is 18.2. The first-order valence-corrected chi connectivity index (χ1v) is 9.37. The molecule has 6 heteroatoms. The summed E-state index contributed by atoms with van der Waals surface area (Å²) in [4.78, 5) is 12.7. The van der Waals surface area contributed by atoms with Crippen molar-refractivity contribution < 1.29 is 22.7 Å². The number of hydrogen-bond acceptors (Lipinski definition) is 5. The Morgan fingerprint density at radius 1 is 1.17 bits per heavy atom. The normalized spacial score (nSPS) is 28.8. The van der Waals surface area contributed by atoms with Gasteiger partial charge in [-0.15, -0.1) is 0 Å². The predicted molar refractivity (Wildman–Crippen MR) is 90.8 cm³/mol. The molecule has 0 N–H and O–H groups in total. The smallest absolute Gasteiger partial charge is 0.320 e. The van der Waals surface area contributed by atoms with Gasteiger partial charge in [0.15, 0.2) is 9.84 Å². The van der Waals surface area contributed by atoms with Crippen molar-refractivity contribution >= 4 is 15.8 Å². The van der Waals surface area contributed by atoms with Crippen molar-refractivity contribution in [1.82, 2.24) is 0 Å². The molecule has 1 aliphatic heterocycles. The molecule has 5 nitrogen and oxygen atoms in total. The molecule has 0 radical (unpaired) electrons. The highest BCUT2D eigenvalue weighted by Crippen LogP contribution is 2.38. The van der Waals surface area contributed by atoms with Crippen LogP contribution >= 0.6 is 0 Å². The largest absolute Gasteiger partial charge is 0.434 e. The van der Waals surface area contributed by atoms with E-state index in [9.17, 15) is 13.2 Å². The van der Waals surface area contributed by atoms with Crippen LogP contribution < -0.4 is 0 Å². The average molecular weight is 352 g/mol. The maximum atomic E-state index is 12.5. The molecule has 132 valence electrons. The Balaban J connectivity index is 2.27. The maximum absolute atomic E-state index is 12.5. The Bertz CT molecular complexity index is 730. The first-order valence-electron chi connectivity index (χ1n) is 7.83. The van der Waals surface area contributed by atoms with Crippen molar-refractivity contribution in [3.8, 4) is 0 Å². The summed E-state index contributed by atoms with van der Waals surface area (Å²) in [7, 11) is -3.63. The molecule has 24 heavy (non-hydrogen) atoms. The van der Waals surface area contributed by atoms with Crippen molar-refractivity contribution in [2.45, 2.75) is 51.9 Å². The van der Waals surface area contributed by atoms with Gasteiger partial charge in [-0.3, -0.25) is 4.79 Å². The van der Waals surface area contributed by atoms with Gasteiger partial charge in [-0.25, -0.2) is 8.42 Å². The summed E-state index contributed by atoms with van der Waals surface area (Å²) in [5.74, 6) is -0.485. The third-order valence-electron chi connectivity index (χ3n) is 4.20. The summed E-state index contributed by atoms with van der Waals surface area (Å²) >= 11 is 0. The second kappa shape index (κ2) is 6.33. The lowest BCUT2D eigenvalue weighted by Crippen LogP contribution is -2.52. The van der Waals surface area contributed by atoms with E-state index in [-0.39, 0.29) is 10.3 Å². The van der Waals surface area contributed by atoms with Gasteiger partial charge in [0.05, 0.1) is 11.0 Å². The van der Waals surface area contributed by atoms with Gasteiger partial charge >= 0.3 is 5.97 Å². The van der Waals surface area contributed by atoms with E-state index in [0.29, 0.717) is 0 Å². The Morgan fingerprint density at radius 3 is 2.25 bits per heavy atom. The Hall–Kier alpha value is -1.66. The topological polar surface area (TPSA) is 69.7 Å². The molecule has 1 aromatic carbocycles. The molecular weight excluding hydrogens is 328 g/mol. The number of carbonyl (C=O) groups is 1. The fourth-order valence-corrected chi connectivity index (χ4v) is 3.40. The molecule has 1 aromatic rings. The fraction of sp³-hybridized carbons (Fsp3) is 0.500. The van der Waals surface area contributed by atoms with Crippen LogP contribution in [0.1, 0.15) is 34.6 Å². The monoisotopic (exact) mass is 352 g/mol. The first-order chi connectivity index (χ1) is 11.0. The molecule has 1 fully saturated rings. The number of hydrogen-bond donors (Lipinski definition) is 0. The maximum Gasteiger partial charge on any atom is 0.320 e. The van der Waals surface area contributed by atoms with E-state index in [4.69, 9.17) is 9.47 Å². The lowest BCUT2D eigenvalue weighted by molar-refractivity contribution is -0.263. The highest BCUT2D eigenvalue weighted by molar-refractivity contribution is 7.94. The van der Waals surface area contributed by atoms with Crippen LogP contribution in [0, 0.1) is 10.8 Å². The minimum atomic E-state index is -3.63. The molecule has 0 spiro atoms. The lowest BCUT2D eigenvalue weighted by atomic mass is 9.83. The van der Waals surface area contributed by atoms with E-state index in [1.165, 1.54) is 18.2 Å². The van der Waals surface area contributed by atoms with Crippen LogP contribution in [-0.2, 0) is 24.1 Å². The molecule has 2 rings (SSSR count). The van der Waals surface area contributed by atoms with Gasteiger partial charge in [-0.2, -0.15) is 0 Å². The van der Waals surface area contributed by atoms with Crippen LogP contribution in [0.15, 0.2) is 46.7 Å². The summed E-state index contributed by atoms with van der Waals surface area (Å²) in [6, 6.07) is 8.06. The van der Waals surface area contributed by atoms with E-state index in [1.807, 2.05) is 20.8 Å². The molecule has 0 saturated carbocycles. The van der Waals surface area contributed by atoms with Crippen molar-refractivity contribution in [2.75, 3.05) is 0 Å². The summed E-state index contributed by atoms with van der Waals surface area (Å²) in [6.07, 6.45) is 0.193. The fourth-order valence-electron chi connectivity index (χ4n) is 2.25. The van der Waals surface area contributed by atoms with E-state index in [1.54, 1.807) is 32.0 Å². The number of benzene rings is 1. The molecule has 1 aliphatic rings. The summed E-state index contributed by atoms with van der Waals surface area (Å²) in [5.41, 5.74) is -1.52. The molecule has 0 aromatic heterocycles. The van der Waals surface area contributed by atoms with Gasteiger partial charge < -0.3 is 9.47 Å². The number of carbonyl (C=O) groups excluding carboxylic acids is 1. The van der Waals surface area contributed by atoms with Crippen LogP contribution in [0.25, 0.3) is 0 Å². The molecule has 0 amide bonds. The SMILES string of the molecule is C[C@H]1O[C@@H](C(C)(C)C)OC(=O)[C@@]1(C)/C=C\S(=O)(=O)c1ccccc1. The second-order valence-corrected chi connectivity index (χ2v) is 9.16. The summed E-state index contributed by atoms with van der Waals surface area (Å²) < 4.78 is 36.0. The molecule has 3 atom stereocenters. The highest BCUT2D eigenvalue weighted by atomic mass is 32.2. The first kappa shape index (κ1) is 18.7. The van der Waals surface area contributed by atoms with E-state index < -0.39 is 33.6 Å². The summed E-state index contributed by atoms with van der Waals surface area (Å²) in [5, 5.41) is 1.06. The predicted octanol–water partition coefficient (Wildman–Crippen LogP) is 3.31. The Morgan fingerprint density at radius 2 is 1.75 bits per heavy atom. The Labute approximate surface area is 143 Å². The highest BCUT2D eigenvalue weighted by Gasteiger charge is 2.48. The van der Waals surface area contributed by atoms with Gasteiger partial charge in [-0.1, -0.05) is 45.0 Å². The summed E-state index contributed by atoms with van der Waals surface area (Å²) in [6.45, 7) is 9.11. The molecule has 0 unspecified atom stereocenters. The van der Waals surface area contributed by atoms with Crippen LogP contribution in [0.4, 0.5) is 0 Å². The molecule has 0 bridgehead atoms. The molecule has 0 aliphatic carbocycles. The van der Waals surface area contributed by atoms with Crippen LogP contribution in [0.2, 0.25) is 0 Å². The van der Waals surface area contributed by atoms with Crippen molar-refractivity contribution in [1.29, 1.82) is 0 Å². The minimum absolute atomic E-state index is 0.176. The number of sulfone groups is 1. The molecule has 1 heterocycles. The lowest BCUT2D eigenvalue weighted by Gasteiger charge is -2.43. The number of cyclic esters (lactones) is 1.